The van der Waals surface area contributed by atoms with Gasteiger partial charge in [-0.15, -0.1) is 0 Å². The maximum absolute atomic E-state index is 12.0. The number of H-pyrrole nitrogens is 1. The summed E-state index contributed by atoms with van der Waals surface area (Å²) in [6.07, 6.45) is 0.471. The van der Waals surface area contributed by atoms with Crippen molar-refractivity contribution in [1.29, 1.82) is 0 Å². The third-order valence-corrected chi connectivity index (χ3v) is 4.08. The summed E-state index contributed by atoms with van der Waals surface area (Å²) < 4.78 is 0. The van der Waals surface area contributed by atoms with Crippen LogP contribution in [0.4, 0.5) is 0 Å². The van der Waals surface area contributed by atoms with Crippen LogP contribution in [0.25, 0.3) is 10.9 Å². The molecule has 0 atom stereocenters. The summed E-state index contributed by atoms with van der Waals surface area (Å²) in [7, 11) is 0. The Hall–Kier alpha value is -2.50. The molecule has 1 amide bonds. The van der Waals surface area contributed by atoms with Gasteiger partial charge in [-0.1, -0.05) is 18.2 Å². The van der Waals surface area contributed by atoms with Gasteiger partial charge in [0.15, 0.2) is 5.96 Å². The molecule has 0 spiro atoms. The van der Waals surface area contributed by atoms with Crippen LogP contribution in [0.1, 0.15) is 32.9 Å². The van der Waals surface area contributed by atoms with Gasteiger partial charge in [0.1, 0.15) is 0 Å². The summed E-state index contributed by atoms with van der Waals surface area (Å²) in [6, 6.07) is 10.3. The average Bonchev–Trinajstić information content (AvgIpc) is 3.03. The molecule has 2 aromatic rings. The number of nitrogens with zero attached hydrogens (tertiary/aromatic N) is 2. The Kier molecular flexibility index (Phi) is 7.32. The van der Waals surface area contributed by atoms with Crippen molar-refractivity contribution in [3.05, 3.63) is 36.0 Å². The van der Waals surface area contributed by atoms with E-state index in [-0.39, 0.29) is 5.91 Å². The number of para-hydroxylation sites is 1. The molecule has 6 heteroatoms. The molecule has 0 fully saturated rings. The molecule has 0 aliphatic heterocycles. The highest BCUT2D eigenvalue weighted by atomic mass is 16.2. The first-order valence-electron chi connectivity index (χ1n) is 9.04. The minimum absolute atomic E-state index is 0.170. The quantitative estimate of drug-likeness (QED) is 0.509. The van der Waals surface area contributed by atoms with Gasteiger partial charge < -0.3 is 20.5 Å². The number of aromatic nitrogens is 1. The number of guanidine groups is 1. The van der Waals surface area contributed by atoms with Crippen LogP contribution in [0.5, 0.6) is 0 Å². The Morgan fingerprint density at radius 2 is 1.92 bits per heavy atom. The zero-order valence-electron chi connectivity index (χ0n) is 15.4. The van der Waals surface area contributed by atoms with Crippen molar-refractivity contribution in [3.8, 4) is 0 Å². The molecule has 136 valence electrons. The monoisotopic (exact) mass is 343 g/mol. The van der Waals surface area contributed by atoms with Crippen LogP contribution in [0.15, 0.2) is 35.3 Å². The maximum Gasteiger partial charge on any atom is 0.224 e. The first-order chi connectivity index (χ1) is 12.2. The van der Waals surface area contributed by atoms with Gasteiger partial charge in [0.05, 0.1) is 6.54 Å². The van der Waals surface area contributed by atoms with Crippen molar-refractivity contribution in [2.75, 3.05) is 26.2 Å². The van der Waals surface area contributed by atoms with Crippen molar-refractivity contribution in [2.24, 2.45) is 4.99 Å². The van der Waals surface area contributed by atoms with E-state index in [4.69, 9.17) is 0 Å². The molecule has 0 bridgehead atoms. The van der Waals surface area contributed by atoms with Crippen molar-refractivity contribution in [2.45, 2.75) is 33.7 Å². The molecule has 3 N–H and O–H groups in total. The number of amides is 1. The van der Waals surface area contributed by atoms with Gasteiger partial charge in [-0.25, -0.2) is 4.99 Å². The summed E-state index contributed by atoms with van der Waals surface area (Å²) in [6.45, 7) is 9.46. The van der Waals surface area contributed by atoms with Gasteiger partial charge in [0.25, 0.3) is 0 Å². The van der Waals surface area contributed by atoms with Gasteiger partial charge in [-0.3, -0.25) is 4.79 Å². The fourth-order valence-corrected chi connectivity index (χ4v) is 2.75. The fourth-order valence-electron chi connectivity index (χ4n) is 2.75. The number of aliphatic imine (C=N–C) groups is 1. The Labute approximate surface area is 149 Å². The first-order valence-corrected chi connectivity index (χ1v) is 9.04. The lowest BCUT2D eigenvalue weighted by Crippen LogP contribution is -2.40. The number of carbonyl (C=O) groups excluding carboxylic acids is 1. The van der Waals surface area contributed by atoms with E-state index in [0.717, 1.165) is 36.8 Å². The zero-order valence-corrected chi connectivity index (χ0v) is 15.4. The molecule has 2 rings (SSSR count). The van der Waals surface area contributed by atoms with Gasteiger partial charge in [0.2, 0.25) is 5.91 Å². The molecule has 0 unspecified atom stereocenters. The normalized spacial score (nSPS) is 11.6. The highest BCUT2D eigenvalue weighted by Crippen LogP contribution is 2.14. The third-order valence-electron chi connectivity index (χ3n) is 4.08. The number of fused-ring (bicyclic) bond motifs is 1. The fraction of sp³-hybridized carbons (Fsp3) is 0.474. The number of nitrogens with one attached hydrogen (secondary N) is 3. The second-order valence-electron chi connectivity index (χ2n) is 5.82. The lowest BCUT2D eigenvalue weighted by Gasteiger charge is -2.19. The van der Waals surface area contributed by atoms with E-state index in [0.29, 0.717) is 19.5 Å². The predicted octanol–water partition coefficient (Wildman–Crippen LogP) is 2.48. The molecule has 0 aliphatic carbocycles. The molecule has 6 nitrogen and oxygen atoms in total. The molecule has 0 saturated heterocycles. The van der Waals surface area contributed by atoms with Crippen LogP contribution < -0.4 is 10.6 Å². The number of aromatic amines is 1. The molecule has 0 saturated carbocycles. The molecule has 0 radical (unpaired) electrons. The summed E-state index contributed by atoms with van der Waals surface area (Å²) >= 11 is 0. The highest BCUT2D eigenvalue weighted by Gasteiger charge is 2.09. The second kappa shape index (κ2) is 9.71. The Morgan fingerprint density at radius 3 is 2.60 bits per heavy atom. The van der Waals surface area contributed by atoms with Crippen LogP contribution in [0, 0.1) is 0 Å². The lowest BCUT2D eigenvalue weighted by atomic mass is 10.2. The van der Waals surface area contributed by atoms with E-state index in [1.54, 1.807) is 0 Å². The summed E-state index contributed by atoms with van der Waals surface area (Å²) in [4.78, 5) is 21.9. The summed E-state index contributed by atoms with van der Waals surface area (Å²) in [5, 5.41) is 7.64. The van der Waals surface area contributed by atoms with Crippen LogP contribution >= 0.6 is 0 Å². The smallest absolute Gasteiger partial charge is 0.224 e. The van der Waals surface area contributed by atoms with Gasteiger partial charge in [0, 0.05) is 43.8 Å². The molecule has 0 aliphatic rings. The zero-order chi connectivity index (χ0) is 18.1. The molecule has 1 heterocycles. The minimum atomic E-state index is 0.170. The third kappa shape index (κ3) is 5.52. The number of benzene rings is 1. The van der Waals surface area contributed by atoms with Crippen molar-refractivity contribution in [3.63, 3.8) is 0 Å². The van der Waals surface area contributed by atoms with Crippen molar-refractivity contribution < 1.29 is 4.79 Å². The van der Waals surface area contributed by atoms with E-state index >= 15 is 0 Å². The molecule has 1 aromatic carbocycles. The Bertz CT molecular complexity index is 670. The summed E-state index contributed by atoms with van der Waals surface area (Å²) in [5.41, 5.74) is 2.19. The van der Waals surface area contributed by atoms with E-state index in [2.05, 4.69) is 38.8 Å². The predicted molar refractivity (Wildman–Crippen MR) is 104 cm³/mol. The molecule has 25 heavy (non-hydrogen) atoms. The van der Waals surface area contributed by atoms with Crippen LogP contribution in [0.2, 0.25) is 0 Å². The van der Waals surface area contributed by atoms with Crippen LogP contribution in [0.3, 0.4) is 0 Å². The SMILES string of the molecule is CCNC(=NCc1cc2ccccc2[nH]1)NCCC(=O)N(CC)CC. The van der Waals surface area contributed by atoms with E-state index < -0.39 is 0 Å². The van der Waals surface area contributed by atoms with Crippen LogP contribution in [-0.4, -0.2) is 47.9 Å². The highest BCUT2D eigenvalue weighted by molar-refractivity contribution is 5.82. The van der Waals surface area contributed by atoms with Crippen molar-refractivity contribution >= 4 is 22.8 Å². The topological polar surface area (TPSA) is 72.5 Å². The maximum atomic E-state index is 12.0. The molecule has 1 aromatic heterocycles. The first kappa shape index (κ1) is 18.8. The second-order valence-corrected chi connectivity index (χ2v) is 5.82. The minimum Gasteiger partial charge on any atom is -0.357 e. The lowest BCUT2D eigenvalue weighted by molar-refractivity contribution is -0.130. The van der Waals surface area contributed by atoms with Gasteiger partial charge in [-0.2, -0.15) is 0 Å². The standard InChI is InChI=1S/C19H29N5O/c1-4-20-19(21-12-11-18(25)24(5-2)6-3)22-14-16-13-15-9-7-8-10-17(15)23-16/h7-10,13,23H,4-6,11-12,14H2,1-3H3,(H2,20,21,22). The van der Waals surface area contributed by atoms with E-state index in [1.165, 1.54) is 5.39 Å². The Morgan fingerprint density at radius 1 is 1.16 bits per heavy atom. The van der Waals surface area contributed by atoms with Crippen LogP contribution in [-0.2, 0) is 11.3 Å². The van der Waals surface area contributed by atoms with E-state index in [9.17, 15) is 4.79 Å². The largest absolute Gasteiger partial charge is 0.357 e. The molecular formula is C19H29N5O. The van der Waals surface area contributed by atoms with Gasteiger partial charge >= 0.3 is 0 Å². The number of hydrogen-bond donors (Lipinski definition) is 3. The number of rotatable bonds is 8. The van der Waals surface area contributed by atoms with Gasteiger partial charge in [-0.05, 0) is 38.3 Å². The van der Waals surface area contributed by atoms with Crippen molar-refractivity contribution in [1.82, 2.24) is 20.5 Å². The Balaban J connectivity index is 1.90. The number of hydrogen-bond acceptors (Lipinski definition) is 2. The number of carbonyl (C=O) groups is 1. The molecular weight excluding hydrogens is 314 g/mol. The average molecular weight is 343 g/mol. The van der Waals surface area contributed by atoms with E-state index in [1.807, 2.05) is 37.8 Å². The summed E-state index contributed by atoms with van der Waals surface area (Å²) in [5.74, 6) is 0.900.